The topological polar surface area (TPSA) is 59.6 Å². The Labute approximate surface area is 109 Å². The number of hydrogen-bond donors (Lipinski definition) is 2. The average Bonchev–Trinajstić information content (AvgIpc) is 2.37. The Balaban J connectivity index is 2.18. The summed E-state index contributed by atoms with van der Waals surface area (Å²) < 4.78 is 35.6. The predicted molar refractivity (Wildman–Crippen MR) is 65.1 cm³/mol. The van der Waals surface area contributed by atoms with Gasteiger partial charge in [0.1, 0.15) is 12.4 Å². The maximum atomic E-state index is 13.2. The molecule has 0 unspecified atom stereocenters. The highest BCUT2D eigenvalue weighted by Gasteiger charge is 2.04. The first kappa shape index (κ1) is 15.2. The van der Waals surface area contributed by atoms with Crippen LogP contribution in [0.15, 0.2) is 18.2 Å². The van der Waals surface area contributed by atoms with Crippen molar-refractivity contribution < 1.29 is 23.0 Å². The highest BCUT2D eigenvalue weighted by molar-refractivity contribution is 5.73. The molecule has 0 aliphatic carbocycles. The minimum atomic E-state index is -0.774. The second kappa shape index (κ2) is 8.25. The molecule has 0 saturated heterocycles. The van der Waals surface area contributed by atoms with Gasteiger partial charge in [0.25, 0.3) is 0 Å². The zero-order valence-electron chi connectivity index (χ0n) is 10.5. The Hall–Kier alpha value is -1.89. The number of benzene rings is 1. The molecular formula is C12H16F2N2O3. The van der Waals surface area contributed by atoms with Crippen molar-refractivity contribution in [2.45, 2.75) is 0 Å². The summed E-state index contributed by atoms with van der Waals surface area (Å²) in [7, 11) is 1.53. The van der Waals surface area contributed by atoms with E-state index in [9.17, 15) is 13.6 Å². The summed E-state index contributed by atoms with van der Waals surface area (Å²) in [4.78, 5) is 11.2. The third-order valence-corrected chi connectivity index (χ3v) is 2.13. The van der Waals surface area contributed by atoms with Crippen molar-refractivity contribution in [1.82, 2.24) is 10.6 Å². The molecule has 0 aliphatic heterocycles. The highest BCUT2D eigenvalue weighted by atomic mass is 19.1. The Bertz CT molecular complexity index is 416. The summed E-state index contributed by atoms with van der Waals surface area (Å²) in [6.45, 7) is 1.11. The van der Waals surface area contributed by atoms with Gasteiger partial charge in [-0.3, -0.25) is 0 Å². The van der Waals surface area contributed by atoms with Gasteiger partial charge in [-0.25, -0.2) is 13.6 Å². The van der Waals surface area contributed by atoms with Crippen LogP contribution in [0.3, 0.4) is 0 Å². The lowest BCUT2D eigenvalue weighted by molar-refractivity contribution is 0.195. The van der Waals surface area contributed by atoms with E-state index < -0.39 is 11.6 Å². The van der Waals surface area contributed by atoms with Gasteiger partial charge in [-0.2, -0.15) is 0 Å². The lowest BCUT2D eigenvalue weighted by Gasteiger charge is -2.09. The Morgan fingerprint density at radius 3 is 2.53 bits per heavy atom. The van der Waals surface area contributed by atoms with Crippen LogP contribution >= 0.6 is 0 Å². The standard InChI is InChI=1S/C12H16F2N2O3/c1-18-6-4-15-12(17)16-5-7-19-11-3-2-9(13)8-10(11)14/h2-3,8H,4-7H2,1H3,(H2,15,16,17). The van der Waals surface area contributed by atoms with Crippen LogP contribution in [0.5, 0.6) is 5.75 Å². The van der Waals surface area contributed by atoms with Crippen molar-refractivity contribution in [3.05, 3.63) is 29.8 Å². The molecule has 0 saturated carbocycles. The minimum Gasteiger partial charge on any atom is -0.489 e. The van der Waals surface area contributed by atoms with Crippen LogP contribution in [-0.4, -0.2) is 39.4 Å². The van der Waals surface area contributed by atoms with Gasteiger partial charge in [0, 0.05) is 19.7 Å². The summed E-state index contributed by atoms with van der Waals surface area (Å²) in [5, 5.41) is 5.06. The van der Waals surface area contributed by atoms with E-state index in [-0.39, 0.29) is 24.9 Å². The van der Waals surface area contributed by atoms with Crippen LogP contribution in [0.2, 0.25) is 0 Å². The van der Waals surface area contributed by atoms with Crippen LogP contribution in [0.25, 0.3) is 0 Å². The normalized spacial score (nSPS) is 10.1. The summed E-state index contributed by atoms with van der Waals surface area (Å²) in [5.74, 6) is -1.49. The highest BCUT2D eigenvalue weighted by Crippen LogP contribution is 2.17. The number of methoxy groups -OCH3 is 1. The maximum Gasteiger partial charge on any atom is 0.314 e. The van der Waals surface area contributed by atoms with E-state index in [2.05, 4.69) is 10.6 Å². The first-order chi connectivity index (χ1) is 9.13. The number of amides is 2. The molecule has 5 nitrogen and oxygen atoms in total. The maximum absolute atomic E-state index is 13.2. The number of ether oxygens (including phenoxy) is 2. The number of carbonyl (C=O) groups excluding carboxylic acids is 1. The second-order valence-corrected chi connectivity index (χ2v) is 3.60. The van der Waals surface area contributed by atoms with E-state index in [1.807, 2.05) is 0 Å². The third kappa shape index (κ3) is 6.01. The van der Waals surface area contributed by atoms with Crippen molar-refractivity contribution in [3.8, 4) is 5.75 Å². The van der Waals surface area contributed by atoms with E-state index in [0.29, 0.717) is 13.2 Å². The minimum absolute atomic E-state index is 0.0528. The van der Waals surface area contributed by atoms with Crippen molar-refractivity contribution in [2.75, 3.05) is 33.4 Å². The van der Waals surface area contributed by atoms with Gasteiger partial charge < -0.3 is 20.1 Å². The van der Waals surface area contributed by atoms with Gasteiger partial charge in [0.2, 0.25) is 0 Å². The van der Waals surface area contributed by atoms with Gasteiger partial charge in [-0.05, 0) is 12.1 Å². The van der Waals surface area contributed by atoms with Crippen LogP contribution in [-0.2, 0) is 4.74 Å². The molecule has 0 aromatic heterocycles. The molecule has 2 amide bonds. The molecule has 1 aromatic carbocycles. The molecule has 0 atom stereocenters. The fourth-order valence-electron chi connectivity index (χ4n) is 1.25. The molecule has 0 fully saturated rings. The fraction of sp³-hybridized carbons (Fsp3) is 0.417. The number of carbonyl (C=O) groups is 1. The first-order valence-corrected chi connectivity index (χ1v) is 5.72. The Morgan fingerprint density at radius 2 is 1.89 bits per heavy atom. The molecule has 0 bridgehead atoms. The molecule has 0 aliphatic rings. The molecule has 1 aromatic rings. The van der Waals surface area contributed by atoms with Crippen molar-refractivity contribution in [2.24, 2.45) is 0 Å². The van der Waals surface area contributed by atoms with Crippen LogP contribution < -0.4 is 15.4 Å². The molecule has 2 N–H and O–H groups in total. The van der Waals surface area contributed by atoms with Gasteiger partial charge in [-0.1, -0.05) is 0 Å². The summed E-state index contributed by atoms with van der Waals surface area (Å²) in [5.41, 5.74) is 0. The molecule has 0 spiro atoms. The number of nitrogens with one attached hydrogen (secondary N) is 2. The molecule has 0 heterocycles. The molecule has 0 radical (unpaired) electrons. The van der Waals surface area contributed by atoms with E-state index in [1.165, 1.54) is 13.2 Å². The zero-order chi connectivity index (χ0) is 14.1. The number of hydrogen-bond acceptors (Lipinski definition) is 3. The predicted octanol–water partition coefficient (Wildman–Crippen LogP) is 1.29. The average molecular weight is 274 g/mol. The van der Waals surface area contributed by atoms with E-state index in [0.717, 1.165) is 12.1 Å². The fourth-order valence-corrected chi connectivity index (χ4v) is 1.25. The van der Waals surface area contributed by atoms with Gasteiger partial charge in [0.15, 0.2) is 11.6 Å². The van der Waals surface area contributed by atoms with Gasteiger partial charge in [0.05, 0.1) is 13.2 Å². The smallest absolute Gasteiger partial charge is 0.314 e. The molecule has 1 rings (SSSR count). The van der Waals surface area contributed by atoms with Crippen LogP contribution in [0.1, 0.15) is 0 Å². The summed E-state index contributed by atoms with van der Waals surface area (Å²) in [6.07, 6.45) is 0. The quantitative estimate of drug-likeness (QED) is 0.737. The van der Waals surface area contributed by atoms with E-state index in [4.69, 9.17) is 9.47 Å². The molecule has 7 heteroatoms. The van der Waals surface area contributed by atoms with Gasteiger partial charge >= 0.3 is 6.03 Å². The first-order valence-electron chi connectivity index (χ1n) is 5.72. The lowest BCUT2D eigenvalue weighted by Crippen LogP contribution is -2.39. The van der Waals surface area contributed by atoms with E-state index in [1.54, 1.807) is 0 Å². The van der Waals surface area contributed by atoms with Gasteiger partial charge in [-0.15, -0.1) is 0 Å². The number of rotatable bonds is 7. The van der Waals surface area contributed by atoms with Crippen molar-refractivity contribution >= 4 is 6.03 Å². The van der Waals surface area contributed by atoms with E-state index >= 15 is 0 Å². The van der Waals surface area contributed by atoms with Crippen molar-refractivity contribution in [1.29, 1.82) is 0 Å². The second-order valence-electron chi connectivity index (χ2n) is 3.60. The zero-order valence-corrected chi connectivity index (χ0v) is 10.5. The number of urea groups is 1. The Kier molecular flexibility index (Phi) is 6.59. The molecular weight excluding hydrogens is 258 g/mol. The number of halogens is 2. The molecule has 19 heavy (non-hydrogen) atoms. The monoisotopic (exact) mass is 274 g/mol. The SMILES string of the molecule is COCCNC(=O)NCCOc1ccc(F)cc1F. The van der Waals surface area contributed by atoms with Crippen LogP contribution in [0, 0.1) is 11.6 Å². The third-order valence-electron chi connectivity index (χ3n) is 2.13. The van der Waals surface area contributed by atoms with Crippen molar-refractivity contribution in [3.63, 3.8) is 0 Å². The summed E-state index contributed by atoms with van der Waals surface area (Å²) >= 11 is 0. The summed E-state index contributed by atoms with van der Waals surface area (Å²) in [6, 6.07) is 2.67. The molecule has 106 valence electrons. The Morgan fingerprint density at radius 1 is 1.21 bits per heavy atom. The van der Waals surface area contributed by atoms with Crippen LogP contribution in [0.4, 0.5) is 13.6 Å². The largest absolute Gasteiger partial charge is 0.489 e. The lowest BCUT2D eigenvalue weighted by atomic mass is 10.3.